The molecule has 1 aromatic carbocycles. The fourth-order valence-corrected chi connectivity index (χ4v) is 2.53. The fourth-order valence-electron chi connectivity index (χ4n) is 2.53. The average Bonchev–Trinajstić information content (AvgIpc) is 2.77. The first-order valence-electron chi connectivity index (χ1n) is 12.4. The van der Waals surface area contributed by atoms with Gasteiger partial charge in [0.15, 0.2) is 11.5 Å². The van der Waals surface area contributed by atoms with E-state index < -0.39 is 47.0 Å². The van der Waals surface area contributed by atoms with Crippen molar-refractivity contribution in [3.63, 3.8) is 0 Å². The maximum absolute atomic E-state index is 12.5. The topological polar surface area (TPSA) is 140 Å². The molecule has 0 aliphatic rings. The average molecular weight is 524 g/mol. The van der Waals surface area contributed by atoms with Gasteiger partial charge in [0.05, 0.1) is 17.4 Å². The zero-order chi connectivity index (χ0) is 28.4. The van der Waals surface area contributed by atoms with Crippen LogP contribution in [0.1, 0.15) is 73.8 Å². The number of hydrogen-bond acceptors (Lipinski definition) is 10. The molecule has 0 saturated carbocycles. The third kappa shape index (κ3) is 11.6. The maximum atomic E-state index is 12.5. The number of esters is 3. The van der Waals surface area contributed by atoms with Crippen LogP contribution in [0.4, 0.5) is 4.79 Å². The van der Waals surface area contributed by atoms with Crippen LogP contribution in [0.3, 0.4) is 0 Å². The summed E-state index contributed by atoms with van der Waals surface area (Å²) < 4.78 is 26.1. The zero-order valence-corrected chi connectivity index (χ0v) is 23.2. The van der Waals surface area contributed by atoms with Crippen molar-refractivity contribution in [2.24, 2.45) is 16.6 Å². The van der Waals surface area contributed by atoms with Crippen molar-refractivity contribution >= 4 is 24.1 Å². The third-order valence-corrected chi connectivity index (χ3v) is 4.87. The monoisotopic (exact) mass is 523 g/mol. The quantitative estimate of drug-likeness (QED) is 0.253. The number of nitrogens with two attached hydrogens (primary N) is 1. The van der Waals surface area contributed by atoms with Gasteiger partial charge >= 0.3 is 24.1 Å². The molecule has 1 aromatic rings. The van der Waals surface area contributed by atoms with Gasteiger partial charge in [-0.25, -0.2) is 4.79 Å². The minimum atomic E-state index is -1.04. The van der Waals surface area contributed by atoms with Crippen LogP contribution in [-0.4, -0.2) is 49.4 Å². The van der Waals surface area contributed by atoms with Crippen LogP contribution in [0, 0.1) is 10.8 Å². The highest BCUT2D eigenvalue weighted by Crippen LogP contribution is 2.33. The van der Waals surface area contributed by atoms with E-state index in [9.17, 15) is 19.2 Å². The van der Waals surface area contributed by atoms with Crippen LogP contribution >= 0.6 is 0 Å². The summed E-state index contributed by atoms with van der Waals surface area (Å²) in [4.78, 5) is 48.9. The summed E-state index contributed by atoms with van der Waals surface area (Å²) in [7, 11) is 0. The van der Waals surface area contributed by atoms with E-state index in [2.05, 4.69) is 0 Å². The molecule has 10 nitrogen and oxygen atoms in total. The second-order valence-corrected chi connectivity index (χ2v) is 10.9. The lowest BCUT2D eigenvalue weighted by molar-refractivity contribution is -0.148. The molecule has 0 unspecified atom stereocenters. The van der Waals surface area contributed by atoms with Gasteiger partial charge in [0.25, 0.3) is 0 Å². The summed E-state index contributed by atoms with van der Waals surface area (Å²) in [6, 6.07) is 3.56. The summed E-state index contributed by atoms with van der Waals surface area (Å²) in [6.45, 7) is 13.8. The van der Waals surface area contributed by atoms with Crippen molar-refractivity contribution < 1.29 is 42.9 Å². The summed E-state index contributed by atoms with van der Waals surface area (Å²) in [6.07, 6.45) is 0.116. The van der Waals surface area contributed by atoms with Gasteiger partial charge < -0.3 is 29.4 Å². The molecule has 2 N–H and O–H groups in total. The fraction of sp³-hybridized carbons (Fsp3) is 0.630. The van der Waals surface area contributed by atoms with E-state index in [0.717, 1.165) is 12.8 Å². The lowest BCUT2D eigenvalue weighted by Crippen LogP contribution is -2.36. The van der Waals surface area contributed by atoms with Gasteiger partial charge in [-0.05, 0) is 79.0 Å². The Bertz CT molecular complexity index is 944. The van der Waals surface area contributed by atoms with Gasteiger partial charge in [-0.3, -0.25) is 14.4 Å². The molecule has 37 heavy (non-hydrogen) atoms. The van der Waals surface area contributed by atoms with Crippen molar-refractivity contribution in [2.45, 2.75) is 86.8 Å². The van der Waals surface area contributed by atoms with E-state index >= 15 is 0 Å². The molecule has 0 aliphatic carbocycles. The minimum Gasteiger partial charge on any atom is -0.461 e. The molecule has 0 fully saturated rings. The molecule has 0 heterocycles. The highest BCUT2D eigenvalue weighted by molar-refractivity contribution is 5.81. The minimum absolute atomic E-state index is 0.0409. The molecule has 1 rings (SSSR count). The Balaban J connectivity index is 2.86. The van der Waals surface area contributed by atoms with E-state index in [-0.39, 0.29) is 31.1 Å². The number of benzene rings is 1. The van der Waals surface area contributed by atoms with Crippen molar-refractivity contribution in [2.75, 3.05) is 13.2 Å². The van der Waals surface area contributed by atoms with Gasteiger partial charge in [0.2, 0.25) is 0 Å². The van der Waals surface area contributed by atoms with E-state index in [0.29, 0.717) is 5.56 Å². The molecule has 2 atom stereocenters. The van der Waals surface area contributed by atoms with Crippen LogP contribution in [0.25, 0.3) is 0 Å². The van der Waals surface area contributed by atoms with Gasteiger partial charge in [-0.2, -0.15) is 0 Å². The van der Waals surface area contributed by atoms with E-state index in [1.54, 1.807) is 54.5 Å². The number of ether oxygens (including phenoxy) is 5. The summed E-state index contributed by atoms with van der Waals surface area (Å²) >= 11 is 0. The molecule has 208 valence electrons. The number of carbonyl (C=O) groups is 4. The van der Waals surface area contributed by atoms with Crippen LogP contribution in [0.15, 0.2) is 18.2 Å². The normalized spacial score (nSPS) is 13.2. The van der Waals surface area contributed by atoms with Gasteiger partial charge in [0.1, 0.15) is 18.8 Å². The van der Waals surface area contributed by atoms with Crippen LogP contribution in [-0.2, 0) is 35.0 Å². The lowest BCUT2D eigenvalue weighted by atomic mass is 9.97. The van der Waals surface area contributed by atoms with Crippen molar-refractivity contribution in [3.8, 4) is 11.5 Å². The number of hydrogen-bond donors (Lipinski definition) is 1. The highest BCUT2D eigenvalue weighted by Gasteiger charge is 2.28. The Morgan fingerprint density at radius 2 is 1.46 bits per heavy atom. The van der Waals surface area contributed by atoms with Crippen molar-refractivity contribution in [1.82, 2.24) is 0 Å². The Morgan fingerprint density at radius 3 is 2.00 bits per heavy atom. The van der Waals surface area contributed by atoms with Gasteiger partial charge in [-0.1, -0.05) is 19.4 Å². The predicted octanol–water partition coefficient (Wildman–Crippen LogP) is 4.34. The Labute approximate surface area is 219 Å². The summed E-state index contributed by atoms with van der Waals surface area (Å²) in [5.41, 5.74) is 4.99. The zero-order valence-electron chi connectivity index (χ0n) is 23.2. The second-order valence-electron chi connectivity index (χ2n) is 10.9. The van der Waals surface area contributed by atoms with Gasteiger partial charge in [0, 0.05) is 0 Å². The van der Waals surface area contributed by atoms with Crippen LogP contribution in [0.2, 0.25) is 0 Å². The van der Waals surface area contributed by atoms with Crippen molar-refractivity contribution in [3.05, 3.63) is 23.8 Å². The summed E-state index contributed by atoms with van der Waals surface area (Å²) in [5, 5.41) is 0. The molecule has 0 aromatic heterocycles. The highest BCUT2D eigenvalue weighted by atomic mass is 16.7. The molecule has 0 radical (unpaired) electrons. The molecule has 10 heteroatoms. The molecule has 0 saturated heterocycles. The van der Waals surface area contributed by atoms with Crippen LogP contribution in [0.5, 0.6) is 11.5 Å². The largest absolute Gasteiger partial charge is 0.508 e. The first-order valence-corrected chi connectivity index (χ1v) is 12.4. The SMILES string of the molecule is CCCCOC(=O)O[C@@H](C)COC(=O)[C@@H](N)Cc1ccc(OC(=O)C(C)(C)C)c(OC(=O)C(C)(C)C)c1. The molecule has 0 amide bonds. The first-order chi connectivity index (χ1) is 17.0. The van der Waals surface area contributed by atoms with Crippen molar-refractivity contribution in [1.29, 1.82) is 0 Å². The lowest BCUT2D eigenvalue weighted by Gasteiger charge is -2.21. The van der Waals surface area contributed by atoms with Gasteiger partial charge in [-0.15, -0.1) is 0 Å². The Hall–Kier alpha value is -3.14. The standard InChI is InChI=1S/C27H41NO9/c1-9-10-13-33-25(32)35-17(2)16-34-22(29)19(28)14-18-11-12-20(36-23(30)26(3,4)5)21(15-18)37-24(31)27(6,7)8/h11-12,15,17,19H,9-10,13-14,16,28H2,1-8H3/t17-,19-/m0/s1. The van der Waals surface area contributed by atoms with E-state index in [1.807, 2.05) is 6.92 Å². The number of rotatable bonds is 11. The first kappa shape index (κ1) is 31.9. The molecule has 0 spiro atoms. The molecule has 0 aliphatic heterocycles. The van der Waals surface area contributed by atoms with E-state index in [4.69, 9.17) is 29.4 Å². The summed E-state index contributed by atoms with van der Waals surface area (Å²) in [5.74, 6) is -1.61. The number of unbranched alkanes of at least 4 members (excludes halogenated alkanes) is 1. The van der Waals surface area contributed by atoms with Crippen LogP contribution < -0.4 is 15.2 Å². The molecule has 0 bridgehead atoms. The molecular weight excluding hydrogens is 482 g/mol. The second kappa shape index (κ2) is 14.0. The maximum Gasteiger partial charge on any atom is 0.508 e. The Morgan fingerprint density at radius 1 is 0.892 bits per heavy atom. The number of carbonyl (C=O) groups excluding carboxylic acids is 4. The van der Waals surface area contributed by atoms with E-state index in [1.165, 1.54) is 12.1 Å². The Kier molecular flexibility index (Phi) is 12.0. The molecular formula is C27H41NO9. The third-order valence-electron chi connectivity index (χ3n) is 4.87. The smallest absolute Gasteiger partial charge is 0.461 e. The predicted molar refractivity (Wildman–Crippen MR) is 136 cm³/mol.